The van der Waals surface area contributed by atoms with Crippen molar-refractivity contribution in [2.45, 2.75) is 20.8 Å². The van der Waals surface area contributed by atoms with E-state index in [9.17, 15) is 14.0 Å². The van der Waals surface area contributed by atoms with Crippen LogP contribution in [0.25, 0.3) is 5.69 Å². The third kappa shape index (κ3) is 3.26. The smallest absolute Gasteiger partial charge is 0.296 e. The topological polar surface area (TPSA) is 64.0 Å². The number of amides is 1. The number of benzene rings is 2. The van der Waals surface area contributed by atoms with E-state index >= 15 is 0 Å². The number of nitrogens with one attached hydrogen (secondary N) is 1. The summed E-state index contributed by atoms with van der Waals surface area (Å²) < 4.78 is 15.2. The molecule has 5 nitrogen and oxygen atoms in total. The molecule has 1 aromatic heterocycles. The van der Waals surface area contributed by atoms with Crippen molar-refractivity contribution >= 4 is 17.4 Å². The molecule has 0 atom stereocenters. The molecule has 0 aliphatic carbocycles. The van der Waals surface area contributed by atoms with Gasteiger partial charge in [0.2, 0.25) is 0 Å². The Bertz CT molecular complexity index is 994. The summed E-state index contributed by atoms with van der Waals surface area (Å²) in [5.74, 6) is -1.98. The SMILES string of the molecule is Cc1ccc(NC(=O)C(=O)c2c(C)nn(-c3ccccc3)c2C)cc1F. The molecule has 0 aliphatic rings. The second-order valence-electron chi connectivity index (χ2n) is 6.04. The third-order valence-corrected chi connectivity index (χ3v) is 4.16. The molecule has 0 saturated carbocycles. The van der Waals surface area contributed by atoms with Crippen LogP contribution in [0.2, 0.25) is 0 Å². The number of aromatic nitrogens is 2. The van der Waals surface area contributed by atoms with Crippen LogP contribution in [-0.4, -0.2) is 21.5 Å². The zero-order valence-corrected chi connectivity index (χ0v) is 14.7. The summed E-state index contributed by atoms with van der Waals surface area (Å²) in [7, 11) is 0. The van der Waals surface area contributed by atoms with Crippen LogP contribution in [-0.2, 0) is 4.79 Å². The van der Waals surface area contributed by atoms with Gasteiger partial charge in [-0.2, -0.15) is 5.10 Å². The second kappa shape index (κ2) is 6.92. The van der Waals surface area contributed by atoms with Gasteiger partial charge in [-0.25, -0.2) is 9.07 Å². The first-order valence-corrected chi connectivity index (χ1v) is 8.12. The fourth-order valence-electron chi connectivity index (χ4n) is 2.76. The average Bonchev–Trinajstić information content (AvgIpc) is 2.92. The summed E-state index contributed by atoms with van der Waals surface area (Å²) in [6.45, 7) is 5.04. The number of hydrogen-bond donors (Lipinski definition) is 1. The molecule has 3 rings (SSSR count). The molecule has 0 radical (unpaired) electrons. The molecule has 1 heterocycles. The number of Topliss-reactive ketones (excluding diaryl/α,β-unsaturated/α-hetero) is 1. The molecule has 0 spiro atoms. The van der Waals surface area contributed by atoms with Crippen molar-refractivity contribution in [2.24, 2.45) is 0 Å². The maximum atomic E-state index is 13.6. The van der Waals surface area contributed by atoms with E-state index in [0.29, 0.717) is 17.0 Å². The van der Waals surface area contributed by atoms with Crippen LogP contribution in [0.1, 0.15) is 27.3 Å². The zero-order chi connectivity index (χ0) is 18.8. The minimum Gasteiger partial charge on any atom is -0.319 e. The summed E-state index contributed by atoms with van der Waals surface area (Å²) in [5, 5.41) is 6.82. The van der Waals surface area contributed by atoms with Gasteiger partial charge in [-0.1, -0.05) is 24.3 Å². The minimum absolute atomic E-state index is 0.234. The Kier molecular flexibility index (Phi) is 4.67. The molecule has 3 aromatic rings. The Balaban J connectivity index is 1.89. The molecule has 1 N–H and O–H groups in total. The lowest BCUT2D eigenvalue weighted by Gasteiger charge is -2.07. The zero-order valence-electron chi connectivity index (χ0n) is 14.7. The number of ketones is 1. The molecule has 0 saturated heterocycles. The summed E-state index contributed by atoms with van der Waals surface area (Å²) in [5.41, 5.74) is 2.78. The Morgan fingerprint density at radius 3 is 2.38 bits per heavy atom. The first-order chi connectivity index (χ1) is 12.4. The van der Waals surface area contributed by atoms with Gasteiger partial charge in [-0.05, 0) is 50.6 Å². The number of para-hydroxylation sites is 1. The van der Waals surface area contributed by atoms with Crippen LogP contribution >= 0.6 is 0 Å². The molecule has 2 aromatic carbocycles. The third-order valence-electron chi connectivity index (χ3n) is 4.16. The minimum atomic E-state index is -0.827. The van der Waals surface area contributed by atoms with Gasteiger partial charge >= 0.3 is 0 Å². The number of aryl methyl sites for hydroxylation is 2. The Labute approximate surface area is 150 Å². The lowest BCUT2D eigenvalue weighted by Crippen LogP contribution is -2.24. The van der Waals surface area contributed by atoms with Gasteiger partial charge in [0, 0.05) is 5.69 Å². The van der Waals surface area contributed by atoms with Crippen LogP contribution in [0.3, 0.4) is 0 Å². The average molecular weight is 351 g/mol. The van der Waals surface area contributed by atoms with Crippen molar-refractivity contribution in [2.75, 3.05) is 5.32 Å². The molecule has 6 heteroatoms. The van der Waals surface area contributed by atoms with Crippen LogP contribution < -0.4 is 5.32 Å². The predicted molar refractivity (Wildman–Crippen MR) is 97.1 cm³/mol. The van der Waals surface area contributed by atoms with Crippen LogP contribution in [0.15, 0.2) is 48.5 Å². The highest BCUT2D eigenvalue weighted by atomic mass is 19.1. The Morgan fingerprint density at radius 2 is 1.73 bits per heavy atom. The highest BCUT2D eigenvalue weighted by Gasteiger charge is 2.25. The first kappa shape index (κ1) is 17.5. The van der Waals surface area contributed by atoms with Gasteiger partial charge in [-0.15, -0.1) is 0 Å². The molecule has 132 valence electrons. The van der Waals surface area contributed by atoms with Gasteiger partial charge in [0.1, 0.15) is 5.82 Å². The molecule has 1 amide bonds. The van der Waals surface area contributed by atoms with E-state index in [4.69, 9.17) is 0 Å². The lowest BCUT2D eigenvalue weighted by molar-refractivity contribution is -0.112. The second-order valence-corrected chi connectivity index (χ2v) is 6.04. The Hall–Kier alpha value is -3.28. The fraction of sp³-hybridized carbons (Fsp3) is 0.150. The van der Waals surface area contributed by atoms with E-state index < -0.39 is 17.5 Å². The molecule has 0 bridgehead atoms. The van der Waals surface area contributed by atoms with Crippen molar-refractivity contribution in [3.63, 3.8) is 0 Å². The van der Waals surface area contributed by atoms with E-state index in [0.717, 1.165) is 5.69 Å². The molecular formula is C20H18FN3O2. The number of halogens is 1. The first-order valence-electron chi connectivity index (χ1n) is 8.12. The fourth-order valence-corrected chi connectivity index (χ4v) is 2.76. The summed E-state index contributed by atoms with van der Waals surface area (Å²) in [6.07, 6.45) is 0. The highest BCUT2D eigenvalue weighted by Crippen LogP contribution is 2.20. The number of carbonyl (C=O) groups is 2. The van der Waals surface area contributed by atoms with Crippen LogP contribution in [0, 0.1) is 26.6 Å². The summed E-state index contributed by atoms with van der Waals surface area (Å²) >= 11 is 0. The van der Waals surface area contributed by atoms with Gasteiger partial charge in [0.25, 0.3) is 11.7 Å². The molecule has 0 fully saturated rings. The number of nitrogens with zero attached hydrogens (tertiary/aromatic N) is 2. The normalized spacial score (nSPS) is 10.6. The van der Waals surface area contributed by atoms with E-state index in [2.05, 4.69) is 10.4 Å². The monoisotopic (exact) mass is 351 g/mol. The standard InChI is InChI=1S/C20H18FN3O2/c1-12-9-10-15(11-17(12)21)22-20(26)19(25)18-13(2)23-24(14(18)3)16-7-5-4-6-8-16/h4-11H,1-3H3,(H,22,26). The van der Waals surface area contributed by atoms with Gasteiger partial charge in [0.05, 0.1) is 22.6 Å². The van der Waals surface area contributed by atoms with E-state index in [1.165, 1.54) is 6.07 Å². The lowest BCUT2D eigenvalue weighted by atomic mass is 10.1. The van der Waals surface area contributed by atoms with E-state index in [1.54, 1.807) is 37.6 Å². The van der Waals surface area contributed by atoms with Crippen molar-refractivity contribution in [1.82, 2.24) is 9.78 Å². The Morgan fingerprint density at radius 1 is 1.04 bits per heavy atom. The number of anilines is 1. The predicted octanol–water partition coefficient (Wildman–Crippen LogP) is 3.76. The van der Waals surface area contributed by atoms with Crippen molar-refractivity contribution in [3.8, 4) is 5.69 Å². The van der Waals surface area contributed by atoms with Crippen molar-refractivity contribution < 1.29 is 14.0 Å². The summed E-state index contributed by atoms with van der Waals surface area (Å²) in [4.78, 5) is 25.0. The quantitative estimate of drug-likeness (QED) is 0.575. The maximum Gasteiger partial charge on any atom is 0.296 e. The highest BCUT2D eigenvalue weighted by molar-refractivity contribution is 6.47. The number of rotatable bonds is 4. The molecule has 0 aliphatic heterocycles. The molecule has 0 unspecified atom stereocenters. The van der Waals surface area contributed by atoms with Gasteiger partial charge < -0.3 is 5.32 Å². The van der Waals surface area contributed by atoms with Gasteiger partial charge in [0.15, 0.2) is 0 Å². The van der Waals surface area contributed by atoms with Crippen molar-refractivity contribution in [1.29, 1.82) is 0 Å². The number of hydrogen-bond acceptors (Lipinski definition) is 3. The van der Waals surface area contributed by atoms with Crippen LogP contribution in [0.4, 0.5) is 10.1 Å². The largest absolute Gasteiger partial charge is 0.319 e. The molecular weight excluding hydrogens is 333 g/mol. The number of carbonyl (C=O) groups excluding carboxylic acids is 2. The van der Waals surface area contributed by atoms with E-state index in [1.807, 2.05) is 30.3 Å². The van der Waals surface area contributed by atoms with Gasteiger partial charge in [-0.3, -0.25) is 9.59 Å². The molecule has 26 heavy (non-hydrogen) atoms. The van der Waals surface area contributed by atoms with Crippen LogP contribution in [0.5, 0.6) is 0 Å². The summed E-state index contributed by atoms with van der Waals surface area (Å²) in [6, 6.07) is 13.6. The van der Waals surface area contributed by atoms with Crippen molar-refractivity contribution in [3.05, 3.63) is 76.9 Å². The maximum absolute atomic E-state index is 13.6. The van der Waals surface area contributed by atoms with E-state index in [-0.39, 0.29) is 11.3 Å².